The predicted molar refractivity (Wildman–Crippen MR) is 67.2 cm³/mol. The molecule has 1 aliphatic carbocycles. The summed E-state index contributed by atoms with van der Waals surface area (Å²) in [4.78, 5) is 4.46. The van der Waals surface area contributed by atoms with Gasteiger partial charge in [0.1, 0.15) is 0 Å². The molecule has 0 bridgehead atoms. The van der Waals surface area contributed by atoms with E-state index in [9.17, 15) is 0 Å². The number of aromatic nitrogens is 1. The molecule has 0 radical (unpaired) electrons. The Labute approximate surface area is 98.5 Å². The van der Waals surface area contributed by atoms with Crippen LogP contribution in [0.5, 0.6) is 0 Å². The summed E-state index contributed by atoms with van der Waals surface area (Å²) in [5, 5.41) is 3.68. The minimum atomic E-state index is 0.451. The van der Waals surface area contributed by atoms with Gasteiger partial charge >= 0.3 is 0 Å². The topological polar surface area (TPSA) is 24.9 Å². The first-order chi connectivity index (χ1) is 7.90. The highest BCUT2D eigenvalue weighted by atomic mass is 14.9. The largest absolute Gasteiger partial charge is 0.308 e. The van der Waals surface area contributed by atoms with Gasteiger partial charge in [0.05, 0.1) is 5.69 Å². The third-order valence-electron chi connectivity index (χ3n) is 3.50. The first kappa shape index (κ1) is 11.6. The lowest BCUT2D eigenvalue weighted by atomic mass is 9.85. The Bertz CT molecular complexity index is 293. The number of nitrogens with zero attached hydrogens (tertiary/aromatic N) is 1. The minimum absolute atomic E-state index is 0.451. The van der Waals surface area contributed by atoms with Gasteiger partial charge in [-0.15, -0.1) is 0 Å². The molecular formula is C14H22N2. The van der Waals surface area contributed by atoms with Crippen molar-refractivity contribution in [3.63, 3.8) is 0 Å². The molecule has 88 valence electrons. The van der Waals surface area contributed by atoms with E-state index in [2.05, 4.69) is 29.4 Å². The van der Waals surface area contributed by atoms with Gasteiger partial charge < -0.3 is 5.32 Å². The van der Waals surface area contributed by atoms with Gasteiger partial charge in [-0.1, -0.05) is 25.8 Å². The Hall–Kier alpha value is -0.890. The Balaban J connectivity index is 1.88. The van der Waals surface area contributed by atoms with E-state index in [4.69, 9.17) is 0 Å². The molecule has 1 aromatic heterocycles. The number of nitrogens with one attached hydrogen (secondary N) is 1. The number of pyridine rings is 1. The van der Waals surface area contributed by atoms with Crippen molar-refractivity contribution in [1.82, 2.24) is 10.3 Å². The maximum Gasteiger partial charge on any atom is 0.0573 e. The fourth-order valence-electron chi connectivity index (χ4n) is 2.23. The number of hydrogen-bond acceptors (Lipinski definition) is 2. The molecular weight excluding hydrogens is 196 g/mol. The summed E-state index contributed by atoms with van der Waals surface area (Å²) in [6.45, 7) is 3.40. The van der Waals surface area contributed by atoms with Gasteiger partial charge in [-0.05, 0) is 43.9 Å². The molecule has 1 N–H and O–H groups in total. The van der Waals surface area contributed by atoms with Crippen LogP contribution in [0.25, 0.3) is 0 Å². The second-order valence-electron chi connectivity index (χ2n) is 4.80. The summed E-state index contributed by atoms with van der Waals surface area (Å²) in [6.07, 6.45) is 8.53. The number of hydrogen-bond donors (Lipinski definition) is 1. The van der Waals surface area contributed by atoms with Gasteiger partial charge in [0.2, 0.25) is 0 Å². The molecule has 16 heavy (non-hydrogen) atoms. The molecule has 1 unspecified atom stereocenters. The van der Waals surface area contributed by atoms with Crippen LogP contribution < -0.4 is 5.32 Å². The zero-order chi connectivity index (χ0) is 11.2. The lowest BCUT2D eigenvalue weighted by Crippen LogP contribution is -2.31. The molecule has 2 nitrogen and oxygen atoms in total. The lowest BCUT2D eigenvalue weighted by Gasteiger charge is -2.28. The van der Waals surface area contributed by atoms with Crippen LogP contribution in [0.4, 0.5) is 0 Å². The van der Waals surface area contributed by atoms with Gasteiger partial charge in [0.25, 0.3) is 0 Å². The predicted octanol–water partition coefficient (Wildman–Crippen LogP) is 3.31. The van der Waals surface area contributed by atoms with E-state index < -0.39 is 0 Å². The van der Waals surface area contributed by atoms with E-state index in [1.807, 2.05) is 12.3 Å². The van der Waals surface area contributed by atoms with Crippen LogP contribution >= 0.6 is 0 Å². The van der Waals surface area contributed by atoms with Gasteiger partial charge in [0.15, 0.2) is 0 Å². The lowest BCUT2D eigenvalue weighted by molar-refractivity contribution is 0.285. The van der Waals surface area contributed by atoms with E-state index in [1.54, 1.807) is 0 Å². The SMILES string of the molecule is CCCC(NCC1CCC1)c1ccccn1. The zero-order valence-electron chi connectivity index (χ0n) is 10.2. The van der Waals surface area contributed by atoms with Crippen molar-refractivity contribution >= 4 is 0 Å². The molecule has 2 rings (SSSR count). The van der Waals surface area contributed by atoms with Gasteiger partial charge in [-0.25, -0.2) is 0 Å². The van der Waals surface area contributed by atoms with Crippen LogP contribution in [0.1, 0.15) is 50.8 Å². The Morgan fingerprint density at radius 3 is 2.88 bits per heavy atom. The summed E-state index contributed by atoms with van der Waals surface area (Å²) < 4.78 is 0. The third-order valence-corrected chi connectivity index (χ3v) is 3.50. The summed E-state index contributed by atoms with van der Waals surface area (Å²) in [7, 11) is 0. The van der Waals surface area contributed by atoms with E-state index in [0.29, 0.717) is 6.04 Å². The molecule has 1 aliphatic rings. The van der Waals surface area contributed by atoms with E-state index in [1.165, 1.54) is 44.3 Å². The average Bonchev–Trinajstić information content (AvgIpc) is 2.27. The van der Waals surface area contributed by atoms with Crippen molar-refractivity contribution in [1.29, 1.82) is 0 Å². The maximum atomic E-state index is 4.46. The third kappa shape index (κ3) is 3.05. The summed E-state index contributed by atoms with van der Waals surface area (Å²) >= 11 is 0. The van der Waals surface area contributed by atoms with Crippen LogP contribution in [-0.2, 0) is 0 Å². The summed E-state index contributed by atoms with van der Waals surface area (Å²) in [6, 6.07) is 6.65. The average molecular weight is 218 g/mol. The smallest absolute Gasteiger partial charge is 0.0573 e. The van der Waals surface area contributed by atoms with Crippen molar-refractivity contribution in [2.45, 2.75) is 45.1 Å². The van der Waals surface area contributed by atoms with E-state index >= 15 is 0 Å². The monoisotopic (exact) mass is 218 g/mol. The van der Waals surface area contributed by atoms with Crippen LogP contribution in [0.15, 0.2) is 24.4 Å². The summed E-state index contributed by atoms with van der Waals surface area (Å²) in [5.41, 5.74) is 1.20. The Morgan fingerprint density at radius 1 is 1.44 bits per heavy atom. The highest BCUT2D eigenvalue weighted by molar-refractivity contribution is 5.08. The highest BCUT2D eigenvalue weighted by Gasteiger charge is 2.19. The Kier molecular flexibility index (Phi) is 4.34. The summed E-state index contributed by atoms with van der Waals surface area (Å²) in [5.74, 6) is 0.920. The van der Waals surface area contributed by atoms with Gasteiger partial charge in [-0.2, -0.15) is 0 Å². The van der Waals surface area contributed by atoms with Crippen LogP contribution in [0.2, 0.25) is 0 Å². The standard InChI is InChI=1S/C14H22N2/c1-2-6-13(14-9-3-4-10-15-14)16-11-12-7-5-8-12/h3-4,9-10,12-13,16H,2,5-8,11H2,1H3. The molecule has 0 saturated heterocycles. The highest BCUT2D eigenvalue weighted by Crippen LogP contribution is 2.26. The second-order valence-corrected chi connectivity index (χ2v) is 4.80. The molecule has 2 heteroatoms. The van der Waals surface area contributed by atoms with Crippen LogP contribution in [0, 0.1) is 5.92 Å². The van der Waals surface area contributed by atoms with Crippen LogP contribution in [0.3, 0.4) is 0 Å². The molecule has 1 fully saturated rings. The van der Waals surface area contributed by atoms with E-state index in [0.717, 1.165) is 5.92 Å². The maximum absolute atomic E-state index is 4.46. The van der Waals surface area contributed by atoms with Crippen molar-refractivity contribution in [3.05, 3.63) is 30.1 Å². The second kappa shape index (κ2) is 6.00. The molecule has 0 amide bonds. The van der Waals surface area contributed by atoms with E-state index in [-0.39, 0.29) is 0 Å². The molecule has 0 spiro atoms. The van der Waals surface area contributed by atoms with Gasteiger partial charge in [0, 0.05) is 12.2 Å². The van der Waals surface area contributed by atoms with Crippen molar-refractivity contribution in [2.24, 2.45) is 5.92 Å². The van der Waals surface area contributed by atoms with Crippen molar-refractivity contribution in [2.75, 3.05) is 6.54 Å². The first-order valence-corrected chi connectivity index (χ1v) is 6.54. The molecule has 1 aromatic rings. The first-order valence-electron chi connectivity index (χ1n) is 6.54. The van der Waals surface area contributed by atoms with Crippen LogP contribution in [-0.4, -0.2) is 11.5 Å². The van der Waals surface area contributed by atoms with Gasteiger partial charge in [-0.3, -0.25) is 4.98 Å². The van der Waals surface area contributed by atoms with Crippen molar-refractivity contribution < 1.29 is 0 Å². The quantitative estimate of drug-likeness (QED) is 0.792. The Morgan fingerprint density at radius 2 is 2.31 bits per heavy atom. The molecule has 1 saturated carbocycles. The molecule has 0 aromatic carbocycles. The fourth-order valence-corrected chi connectivity index (χ4v) is 2.23. The van der Waals surface area contributed by atoms with Crippen molar-refractivity contribution in [3.8, 4) is 0 Å². The minimum Gasteiger partial charge on any atom is -0.308 e. The fraction of sp³-hybridized carbons (Fsp3) is 0.643. The molecule has 0 aliphatic heterocycles. The zero-order valence-corrected chi connectivity index (χ0v) is 10.2. The molecule has 1 heterocycles. The number of rotatable bonds is 6. The normalized spacial score (nSPS) is 18.1. The molecule has 1 atom stereocenters.